The van der Waals surface area contributed by atoms with Crippen LogP contribution >= 0.6 is 0 Å². The minimum Gasteiger partial charge on any atom is -0.496 e. The van der Waals surface area contributed by atoms with Crippen molar-refractivity contribution in [1.29, 1.82) is 0 Å². The number of carbonyl (C=O) groups is 1. The Morgan fingerprint density at radius 3 is 2.54 bits per heavy atom. The van der Waals surface area contributed by atoms with E-state index in [1.807, 2.05) is 0 Å². The fraction of sp³-hybridized carbons (Fsp3) is 0.0588. The van der Waals surface area contributed by atoms with E-state index in [0.29, 0.717) is 11.6 Å². The Labute approximate surface area is 158 Å². The molecule has 142 valence electrons. The number of rotatable bonds is 7. The zero-order valence-corrected chi connectivity index (χ0v) is 14.6. The van der Waals surface area contributed by atoms with Gasteiger partial charge < -0.3 is 10.1 Å². The van der Waals surface area contributed by atoms with E-state index < -0.39 is 16.5 Å². The number of hydrogen-bond donors (Lipinski definition) is 3. The number of aromatic nitrogens is 3. The monoisotopic (exact) mass is 381 g/mol. The SMILES string of the molecule is COc1ccccc1C(=O)NNc1ncnc(Nc2ccccn2)c1[N+](=O)[O-]. The molecule has 2 heterocycles. The lowest BCUT2D eigenvalue weighted by Crippen LogP contribution is -2.30. The first kappa shape index (κ1) is 18.5. The number of anilines is 3. The number of para-hydroxylation sites is 1. The Kier molecular flexibility index (Phi) is 5.55. The predicted octanol–water partition coefficient (Wildman–Crippen LogP) is 2.29. The average molecular weight is 381 g/mol. The molecule has 28 heavy (non-hydrogen) atoms. The molecule has 1 aromatic carbocycles. The smallest absolute Gasteiger partial charge is 0.355 e. The molecule has 3 N–H and O–H groups in total. The minimum atomic E-state index is -0.664. The van der Waals surface area contributed by atoms with Crippen molar-refractivity contribution in [1.82, 2.24) is 20.4 Å². The Morgan fingerprint density at radius 2 is 1.82 bits per heavy atom. The molecule has 11 heteroatoms. The van der Waals surface area contributed by atoms with Gasteiger partial charge in [0, 0.05) is 6.20 Å². The zero-order chi connectivity index (χ0) is 19.9. The molecule has 3 rings (SSSR count). The molecule has 0 bridgehead atoms. The van der Waals surface area contributed by atoms with Crippen molar-refractivity contribution in [3.63, 3.8) is 0 Å². The van der Waals surface area contributed by atoms with Crippen LogP contribution in [0.1, 0.15) is 10.4 Å². The second kappa shape index (κ2) is 8.40. The molecule has 0 unspecified atom stereocenters. The van der Waals surface area contributed by atoms with Gasteiger partial charge in [-0.2, -0.15) is 0 Å². The third-order valence-electron chi connectivity index (χ3n) is 3.56. The van der Waals surface area contributed by atoms with E-state index in [4.69, 9.17) is 4.74 Å². The van der Waals surface area contributed by atoms with Gasteiger partial charge in [0.25, 0.3) is 5.91 Å². The number of pyridine rings is 1. The molecule has 0 aliphatic carbocycles. The number of amides is 1. The number of nitrogens with one attached hydrogen (secondary N) is 3. The lowest BCUT2D eigenvalue weighted by Gasteiger charge is -2.12. The molecule has 2 aromatic heterocycles. The van der Waals surface area contributed by atoms with Crippen LogP contribution in [-0.2, 0) is 0 Å². The molecule has 0 fully saturated rings. The highest BCUT2D eigenvalue weighted by Crippen LogP contribution is 2.30. The summed E-state index contributed by atoms with van der Waals surface area (Å²) in [5.74, 6) is -0.0937. The Bertz CT molecular complexity index is 998. The number of ether oxygens (including phenoxy) is 1. The summed E-state index contributed by atoms with van der Waals surface area (Å²) in [4.78, 5) is 35.0. The zero-order valence-electron chi connectivity index (χ0n) is 14.6. The quantitative estimate of drug-likeness (QED) is 0.414. The van der Waals surface area contributed by atoms with Gasteiger partial charge in [-0.3, -0.25) is 25.8 Å². The van der Waals surface area contributed by atoms with E-state index >= 15 is 0 Å². The van der Waals surface area contributed by atoms with Gasteiger partial charge in [0.2, 0.25) is 11.6 Å². The maximum absolute atomic E-state index is 12.4. The highest BCUT2D eigenvalue weighted by atomic mass is 16.6. The van der Waals surface area contributed by atoms with E-state index in [-0.39, 0.29) is 17.2 Å². The van der Waals surface area contributed by atoms with Crippen molar-refractivity contribution in [3.05, 3.63) is 70.7 Å². The average Bonchev–Trinajstić information content (AvgIpc) is 2.72. The number of methoxy groups -OCH3 is 1. The topological polar surface area (TPSA) is 144 Å². The Balaban J connectivity index is 1.83. The van der Waals surface area contributed by atoms with E-state index in [0.717, 1.165) is 6.33 Å². The molecule has 0 aliphatic rings. The largest absolute Gasteiger partial charge is 0.496 e. The molecule has 0 aliphatic heterocycles. The summed E-state index contributed by atoms with van der Waals surface area (Å²) in [6.07, 6.45) is 2.65. The summed E-state index contributed by atoms with van der Waals surface area (Å²) in [7, 11) is 1.43. The highest BCUT2D eigenvalue weighted by molar-refractivity contribution is 5.97. The Morgan fingerprint density at radius 1 is 1.07 bits per heavy atom. The van der Waals surface area contributed by atoms with Crippen LogP contribution in [0, 0.1) is 10.1 Å². The third-order valence-corrected chi connectivity index (χ3v) is 3.56. The molecule has 0 radical (unpaired) electrons. The number of hydrogen-bond acceptors (Lipinski definition) is 9. The number of nitrogens with zero attached hydrogens (tertiary/aromatic N) is 4. The van der Waals surface area contributed by atoms with Crippen molar-refractivity contribution in [2.24, 2.45) is 0 Å². The lowest BCUT2D eigenvalue weighted by atomic mass is 10.2. The van der Waals surface area contributed by atoms with Gasteiger partial charge in [-0.05, 0) is 24.3 Å². The van der Waals surface area contributed by atoms with Crippen molar-refractivity contribution in [2.75, 3.05) is 17.9 Å². The van der Waals surface area contributed by atoms with Crippen LogP contribution in [0.4, 0.5) is 23.1 Å². The summed E-state index contributed by atoms with van der Waals surface area (Å²) >= 11 is 0. The molecular weight excluding hydrogens is 366 g/mol. The Hall–Kier alpha value is -4.28. The van der Waals surface area contributed by atoms with Crippen molar-refractivity contribution in [3.8, 4) is 5.75 Å². The highest BCUT2D eigenvalue weighted by Gasteiger charge is 2.24. The normalized spacial score (nSPS) is 10.0. The van der Waals surface area contributed by atoms with Crippen LogP contribution < -0.4 is 20.9 Å². The first-order chi connectivity index (χ1) is 13.6. The maximum atomic E-state index is 12.4. The molecular formula is C17H15N7O4. The van der Waals surface area contributed by atoms with Crippen molar-refractivity contribution >= 4 is 29.0 Å². The van der Waals surface area contributed by atoms with Gasteiger partial charge in [0.15, 0.2) is 0 Å². The van der Waals surface area contributed by atoms with Crippen molar-refractivity contribution in [2.45, 2.75) is 0 Å². The van der Waals surface area contributed by atoms with Crippen LogP contribution in [0.2, 0.25) is 0 Å². The van der Waals surface area contributed by atoms with Crippen LogP contribution in [0.3, 0.4) is 0 Å². The number of carbonyl (C=O) groups excluding carboxylic acids is 1. The summed E-state index contributed by atoms with van der Waals surface area (Å²) < 4.78 is 5.13. The van der Waals surface area contributed by atoms with E-state index in [1.54, 1.807) is 42.5 Å². The first-order valence-corrected chi connectivity index (χ1v) is 7.97. The number of benzene rings is 1. The second-order valence-electron chi connectivity index (χ2n) is 5.30. The van der Waals surface area contributed by atoms with Crippen LogP contribution in [0.5, 0.6) is 5.75 Å². The molecule has 1 amide bonds. The van der Waals surface area contributed by atoms with Gasteiger partial charge >= 0.3 is 5.69 Å². The molecule has 0 atom stereocenters. The summed E-state index contributed by atoms with van der Waals surface area (Å²) in [5.41, 5.74) is 4.63. The first-order valence-electron chi connectivity index (χ1n) is 7.97. The fourth-order valence-corrected chi connectivity index (χ4v) is 2.31. The van der Waals surface area contributed by atoms with Gasteiger partial charge in [-0.25, -0.2) is 15.0 Å². The molecule has 0 saturated heterocycles. The summed E-state index contributed by atoms with van der Waals surface area (Å²) in [6.45, 7) is 0. The summed E-state index contributed by atoms with van der Waals surface area (Å²) in [6, 6.07) is 11.6. The molecule has 0 spiro atoms. The second-order valence-corrected chi connectivity index (χ2v) is 5.30. The van der Waals surface area contributed by atoms with Gasteiger partial charge in [0.05, 0.1) is 17.6 Å². The predicted molar refractivity (Wildman–Crippen MR) is 100 cm³/mol. The fourth-order valence-electron chi connectivity index (χ4n) is 2.31. The van der Waals surface area contributed by atoms with E-state index in [9.17, 15) is 14.9 Å². The van der Waals surface area contributed by atoms with Crippen LogP contribution in [0.25, 0.3) is 0 Å². The number of nitro groups is 1. The lowest BCUT2D eigenvalue weighted by molar-refractivity contribution is -0.383. The van der Waals surface area contributed by atoms with Gasteiger partial charge in [0.1, 0.15) is 17.9 Å². The van der Waals surface area contributed by atoms with Crippen LogP contribution in [-0.4, -0.2) is 32.9 Å². The third kappa shape index (κ3) is 4.09. The van der Waals surface area contributed by atoms with E-state index in [1.165, 1.54) is 13.3 Å². The molecule has 3 aromatic rings. The minimum absolute atomic E-state index is 0.0762. The standard InChI is InChI=1S/C17H15N7O4/c1-28-12-7-3-2-6-11(12)17(25)23-22-16-14(24(26)27)15(19-10-20-16)21-13-8-4-5-9-18-13/h2-10H,1H3,(H,23,25)(H2,18,19,20,21,22). The van der Waals surface area contributed by atoms with Crippen LogP contribution in [0.15, 0.2) is 55.0 Å². The number of hydrazine groups is 1. The van der Waals surface area contributed by atoms with Gasteiger partial charge in [-0.15, -0.1) is 0 Å². The van der Waals surface area contributed by atoms with Gasteiger partial charge in [-0.1, -0.05) is 18.2 Å². The summed E-state index contributed by atoms with van der Waals surface area (Å²) in [5, 5.41) is 14.3. The maximum Gasteiger partial charge on any atom is 0.355 e. The van der Waals surface area contributed by atoms with E-state index in [2.05, 4.69) is 31.1 Å². The molecule has 11 nitrogen and oxygen atoms in total. The molecule has 0 saturated carbocycles. The van der Waals surface area contributed by atoms with Crippen molar-refractivity contribution < 1.29 is 14.5 Å².